The topological polar surface area (TPSA) is 44.3 Å². The molecule has 0 bridgehead atoms. The zero-order valence-corrected chi connectivity index (χ0v) is 12.9. The van der Waals surface area contributed by atoms with Crippen LogP contribution in [0.25, 0.3) is 0 Å². The van der Waals surface area contributed by atoms with Gasteiger partial charge in [0, 0.05) is 16.8 Å². The van der Waals surface area contributed by atoms with Gasteiger partial charge in [-0.1, -0.05) is 19.3 Å². The maximum atomic E-state index is 12.3. The molecule has 1 N–H and O–H groups in total. The molecule has 0 unspecified atom stereocenters. The first-order chi connectivity index (χ1) is 8.35. The summed E-state index contributed by atoms with van der Waals surface area (Å²) in [5.41, 5.74) is 0.235. The number of ether oxygens (including phenoxy) is 1. The minimum absolute atomic E-state index is 0.175. The van der Waals surface area contributed by atoms with E-state index in [1.807, 2.05) is 20.8 Å². The van der Waals surface area contributed by atoms with Crippen LogP contribution in [0.4, 0.5) is 0 Å². The third kappa shape index (κ3) is 2.87. The minimum atomic E-state index is -1.01. The van der Waals surface area contributed by atoms with Crippen LogP contribution in [0.2, 0.25) is 0 Å². The molecule has 3 atom stereocenters. The van der Waals surface area contributed by atoms with Gasteiger partial charge in [0.05, 0.1) is 18.8 Å². The van der Waals surface area contributed by atoms with Crippen LogP contribution in [-0.2, 0) is 16.1 Å². The van der Waals surface area contributed by atoms with Gasteiger partial charge in [-0.05, 0) is 40.5 Å². The largest absolute Gasteiger partial charge is 0.598 e. The van der Waals surface area contributed by atoms with Crippen LogP contribution in [0.3, 0.4) is 0 Å². The van der Waals surface area contributed by atoms with Crippen molar-refractivity contribution in [1.82, 2.24) is 4.72 Å². The highest BCUT2D eigenvalue weighted by Gasteiger charge is 2.51. The first kappa shape index (κ1) is 14.6. The average molecular weight is 273 g/mol. The Morgan fingerprint density at radius 2 is 1.83 bits per heavy atom. The lowest BCUT2D eigenvalue weighted by Gasteiger charge is -2.39. The fourth-order valence-corrected chi connectivity index (χ4v) is 4.23. The molecule has 0 aromatic rings. The standard InChI is InChI=1S/C14H27NO2S/c1-11-12(15-18(16)13(2,3)4)14(10-17-11)8-6-5-7-9-14/h11-12,15H,5-10H2,1-4H3/t11-,12-,18-/m1/s1. The summed E-state index contributed by atoms with van der Waals surface area (Å²) in [5, 5.41) is 0. The second-order valence-corrected chi connectivity index (χ2v) is 8.91. The molecule has 1 saturated carbocycles. The van der Waals surface area contributed by atoms with E-state index in [9.17, 15) is 4.55 Å². The molecule has 0 aromatic carbocycles. The molecule has 1 saturated heterocycles. The molecule has 0 amide bonds. The Kier molecular flexibility index (Phi) is 4.32. The minimum Gasteiger partial charge on any atom is -0.598 e. The van der Waals surface area contributed by atoms with Crippen molar-refractivity contribution in [2.24, 2.45) is 5.41 Å². The van der Waals surface area contributed by atoms with E-state index in [2.05, 4.69) is 11.6 Å². The zero-order chi connectivity index (χ0) is 13.4. The molecule has 106 valence electrons. The smallest absolute Gasteiger partial charge is 0.136 e. The van der Waals surface area contributed by atoms with Gasteiger partial charge >= 0.3 is 0 Å². The van der Waals surface area contributed by atoms with E-state index >= 15 is 0 Å². The van der Waals surface area contributed by atoms with E-state index in [0.717, 1.165) is 6.61 Å². The van der Waals surface area contributed by atoms with Crippen molar-refractivity contribution in [1.29, 1.82) is 0 Å². The SMILES string of the molecule is C[C@H]1OCC2(CCCCC2)[C@@H]1N[S@+]([O-])C(C)(C)C. The third-order valence-corrected chi connectivity index (χ3v) is 5.98. The van der Waals surface area contributed by atoms with Crippen molar-refractivity contribution in [3.63, 3.8) is 0 Å². The van der Waals surface area contributed by atoms with Gasteiger partial charge in [0.2, 0.25) is 0 Å². The van der Waals surface area contributed by atoms with Crippen molar-refractivity contribution >= 4 is 11.4 Å². The Balaban J connectivity index is 2.08. The summed E-state index contributed by atoms with van der Waals surface area (Å²) in [4.78, 5) is 0. The summed E-state index contributed by atoms with van der Waals surface area (Å²) in [6.07, 6.45) is 6.53. The Morgan fingerprint density at radius 1 is 1.22 bits per heavy atom. The normalized spacial score (nSPS) is 33.8. The second-order valence-electron chi connectivity index (χ2n) is 6.92. The third-order valence-electron chi connectivity index (χ3n) is 4.40. The summed E-state index contributed by atoms with van der Waals surface area (Å²) in [7, 11) is 0. The van der Waals surface area contributed by atoms with Crippen LogP contribution >= 0.6 is 0 Å². The van der Waals surface area contributed by atoms with Crippen molar-refractivity contribution in [3.8, 4) is 0 Å². The van der Waals surface area contributed by atoms with E-state index in [1.165, 1.54) is 32.1 Å². The Morgan fingerprint density at radius 3 is 2.39 bits per heavy atom. The van der Waals surface area contributed by atoms with Gasteiger partial charge < -0.3 is 9.29 Å². The molecule has 3 nitrogen and oxygen atoms in total. The lowest BCUT2D eigenvalue weighted by molar-refractivity contribution is 0.0926. The van der Waals surface area contributed by atoms with Crippen molar-refractivity contribution < 1.29 is 9.29 Å². The summed E-state index contributed by atoms with van der Waals surface area (Å²) >= 11 is -1.01. The lowest BCUT2D eigenvalue weighted by Crippen LogP contribution is -2.54. The zero-order valence-electron chi connectivity index (χ0n) is 12.1. The monoisotopic (exact) mass is 273 g/mol. The molecule has 2 aliphatic rings. The van der Waals surface area contributed by atoms with E-state index < -0.39 is 11.4 Å². The van der Waals surface area contributed by atoms with Crippen LogP contribution in [0.5, 0.6) is 0 Å². The maximum absolute atomic E-state index is 12.3. The predicted octanol–water partition coefficient (Wildman–Crippen LogP) is 2.78. The fourth-order valence-electron chi connectivity index (χ4n) is 3.21. The molecule has 0 aromatic heterocycles. The first-order valence-corrected chi connectivity index (χ1v) is 8.30. The number of hydrogen-bond acceptors (Lipinski definition) is 3. The predicted molar refractivity (Wildman–Crippen MR) is 75.8 cm³/mol. The fraction of sp³-hybridized carbons (Fsp3) is 1.00. The molecule has 18 heavy (non-hydrogen) atoms. The van der Waals surface area contributed by atoms with E-state index in [1.54, 1.807) is 0 Å². The maximum Gasteiger partial charge on any atom is 0.136 e. The highest BCUT2D eigenvalue weighted by molar-refractivity contribution is 7.90. The Hall–Kier alpha value is 0.230. The van der Waals surface area contributed by atoms with Crippen LogP contribution in [0, 0.1) is 5.41 Å². The molecule has 1 aliphatic heterocycles. The summed E-state index contributed by atoms with van der Waals surface area (Å²) in [6, 6.07) is 0.248. The average Bonchev–Trinajstić information content (AvgIpc) is 2.58. The molecule has 4 heteroatoms. The van der Waals surface area contributed by atoms with Gasteiger partial charge in [0.25, 0.3) is 0 Å². The number of rotatable bonds is 2. The van der Waals surface area contributed by atoms with Gasteiger partial charge in [0.15, 0.2) is 0 Å². The van der Waals surface area contributed by atoms with Crippen LogP contribution in [-0.4, -0.2) is 28.1 Å². The van der Waals surface area contributed by atoms with Gasteiger partial charge in [-0.15, -0.1) is 4.72 Å². The molecule has 2 fully saturated rings. The molecular formula is C14H27NO2S. The Bertz CT molecular complexity index is 278. The van der Waals surface area contributed by atoms with E-state index in [4.69, 9.17) is 4.74 Å². The molecule has 1 heterocycles. The van der Waals surface area contributed by atoms with Crippen molar-refractivity contribution in [3.05, 3.63) is 0 Å². The molecular weight excluding hydrogens is 246 g/mol. The van der Waals surface area contributed by atoms with E-state index in [0.29, 0.717) is 0 Å². The number of nitrogens with one attached hydrogen (secondary N) is 1. The summed E-state index contributed by atoms with van der Waals surface area (Å²) in [5.74, 6) is 0. The highest BCUT2D eigenvalue weighted by Crippen LogP contribution is 2.45. The van der Waals surface area contributed by atoms with Crippen LogP contribution < -0.4 is 4.72 Å². The van der Waals surface area contributed by atoms with Crippen LogP contribution in [0.15, 0.2) is 0 Å². The van der Waals surface area contributed by atoms with Crippen molar-refractivity contribution in [2.75, 3.05) is 6.61 Å². The molecule has 2 rings (SSSR count). The van der Waals surface area contributed by atoms with E-state index in [-0.39, 0.29) is 22.3 Å². The number of hydrogen-bond donors (Lipinski definition) is 1. The molecule has 0 radical (unpaired) electrons. The van der Waals surface area contributed by atoms with Crippen molar-refractivity contribution in [2.45, 2.75) is 76.7 Å². The lowest BCUT2D eigenvalue weighted by atomic mass is 9.70. The van der Waals surface area contributed by atoms with Gasteiger partial charge in [-0.25, -0.2) is 0 Å². The quantitative estimate of drug-likeness (QED) is 0.787. The molecule has 1 spiro atoms. The molecule has 1 aliphatic carbocycles. The van der Waals surface area contributed by atoms with Gasteiger partial charge in [-0.3, -0.25) is 0 Å². The van der Waals surface area contributed by atoms with Gasteiger partial charge in [-0.2, -0.15) is 0 Å². The van der Waals surface area contributed by atoms with Crippen LogP contribution in [0.1, 0.15) is 59.8 Å². The second kappa shape index (κ2) is 5.31. The highest BCUT2D eigenvalue weighted by atomic mass is 32.2. The first-order valence-electron chi connectivity index (χ1n) is 7.15. The summed E-state index contributed by atoms with van der Waals surface area (Å²) in [6.45, 7) is 9.01. The summed E-state index contributed by atoms with van der Waals surface area (Å²) < 4.78 is 21.4. The van der Waals surface area contributed by atoms with Gasteiger partial charge in [0.1, 0.15) is 4.75 Å². The Labute approximate surface area is 114 Å².